The van der Waals surface area contributed by atoms with Crippen LogP contribution in [0.2, 0.25) is 0 Å². The second-order valence-electron chi connectivity index (χ2n) is 5.36. The van der Waals surface area contributed by atoms with Gasteiger partial charge in [-0.1, -0.05) is 38.1 Å². The lowest BCUT2D eigenvalue weighted by molar-refractivity contribution is 0.687. The van der Waals surface area contributed by atoms with Crippen molar-refractivity contribution in [3.05, 3.63) is 59.3 Å². The van der Waals surface area contributed by atoms with Crippen molar-refractivity contribution in [3.8, 4) is 0 Å². The van der Waals surface area contributed by atoms with Crippen molar-refractivity contribution in [1.29, 1.82) is 5.41 Å². The van der Waals surface area contributed by atoms with Crippen LogP contribution in [-0.4, -0.2) is 17.2 Å². The molecule has 0 unspecified atom stereocenters. The first-order chi connectivity index (χ1) is 9.59. The first kappa shape index (κ1) is 14.3. The average molecular weight is 267 g/mol. The minimum atomic E-state index is 0.516. The second kappa shape index (κ2) is 6.33. The van der Waals surface area contributed by atoms with Gasteiger partial charge in [0, 0.05) is 23.9 Å². The van der Waals surface area contributed by atoms with Gasteiger partial charge in [0.15, 0.2) is 0 Å². The highest BCUT2D eigenvalue weighted by Crippen LogP contribution is 2.19. The van der Waals surface area contributed by atoms with Crippen LogP contribution in [0.25, 0.3) is 0 Å². The van der Waals surface area contributed by atoms with Crippen molar-refractivity contribution in [2.24, 2.45) is 5.92 Å². The van der Waals surface area contributed by atoms with Gasteiger partial charge >= 0.3 is 0 Å². The monoisotopic (exact) mass is 267 g/mol. The summed E-state index contributed by atoms with van der Waals surface area (Å²) in [5.41, 5.74) is 3.43. The van der Waals surface area contributed by atoms with Gasteiger partial charge in [-0.3, -0.25) is 5.41 Å². The van der Waals surface area contributed by atoms with Crippen molar-refractivity contribution in [2.45, 2.75) is 20.8 Å². The predicted octanol–water partition coefficient (Wildman–Crippen LogP) is 3.87. The lowest BCUT2D eigenvalue weighted by Crippen LogP contribution is -2.14. The Kier molecular flexibility index (Phi) is 4.51. The van der Waals surface area contributed by atoms with Crippen LogP contribution in [0.1, 0.15) is 30.5 Å². The minimum absolute atomic E-state index is 0.516. The lowest BCUT2D eigenvalue weighted by atomic mass is 9.99. The molecule has 3 nitrogen and oxygen atoms in total. The maximum Gasteiger partial charge on any atom is 0.135 e. The van der Waals surface area contributed by atoms with Gasteiger partial charge in [-0.25, -0.2) is 4.98 Å². The summed E-state index contributed by atoms with van der Waals surface area (Å²) < 4.78 is 0. The molecule has 0 saturated carbocycles. The molecule has 2 aromatic rings. The van der Waals surface area contributed by atoms with E-state index in [2.05, 4.69) is 24.1 Å². The molecule has 2 rings (SSSR count). The normalized spacial score (nSPS) is 10.6. The van der Waals surface area contributed by atoms with Crippen LogP contribution in [0, 0.1) is 18.3 Å². The Hall–Kier alpha value is -2.16. The quantitative estimate of drug-likeness (QED) is 0.808. The Labute approximate surface area is 120 Å². The van der Waals surface area contributed by atoms with Gasteiger partial charge < -0.3 is 5.32 Å². The molecule has 0 amide bonds. The van der Waals surface area contributed by atoms with E-state index in [1.54, 1.807) is 6.20 Å². The largest absolute Gasteiger partial charge is 0.369 e. The molecule has 0 spiro atoms. The summed E-state index contributed by atoms with van der Waals surface area (Å²) in [5, 5.41) is 11.8. The zero-order valence-corrected chi connectivity index (χ0v) is 12.3. The zero-order valence-electron chi connectivity index (χ0n) is 12.3. The fourth-order valence-electron chi connectivity index (χ4n) is 2.05. The first-order valence-electron chi connectivity index (χ1n) is 6.93. The summed E-state index contributed by atoms with van der Waals surface area (Å²) in [4.78, 5) is 4.37. The molecule has 0 aliphatic rings. The maximum absolute atomic E-state index is 8.46. The van der Waals surface area contributed by atoms with Crippen LogP contribution >= 0.6 is 0 Å². The molecule has 1 aromatic heterocycles. The SMILES string of the molecule is Cc1ccccc1C(=N)c1cccnc1NCC(C)C. The smallest absolute Gasteiger partial charge is 0.135 e. The van der Waals surface area contributed by atoms with Crippen LogP contribution < -0.4 is 5.32 Å². The van der Waals surface area contributed by atoms with Gasteiger partial charge in [0.05, 0.1) is 5.71 Å². The third-order valence-corrected chi connectivity index (χ3v) is 3.17. The minimum Gasteiger partial charge on any atom is -0.369 e. The summed E-state index contributed by atoms with van der Waals surface area (Å²) in [6.45, 7) is 7.19. The van der Waals surface area contributed by atoms with Crippen LogP contribution in [0.4, 0.5) is 5.82 Å². The molecule has 0 aliphatic carbocycles. The number of anilines is 1. The molecule has 0 fully saturated rings. The van der Waals surface area contributed by atoms with Crippen LogP contribution in [0.3, 0.4) is 0 Å². The van der Waals surface area contributed by atoms with Gasteiger partial charge in [0.2, 0.25) is 0 Å². The number of aromatic nitrogens is 1. The van der Waals surface area contributed by atoms with E-state index >= 15 is 0 Å². The van der Waals surface area contributed by atoms with E-state index in [9.17, 15) is 0 Å². The Morgan fingerprint density at radius 2 is 1.85 bits per heavy atom. The molecule has 0 radical (unpaired) electrons. The zero-order chi connectivity index (χ0) is 14.5. The Balaban J connectivity index is 2.33. The highest BCUT2D eigenvalue weighted by atomic mass is 15.0. The van der Waals surface area contributed by atoms with Gasteiger partial charge in [-0.05, 0) is 30.5 Å². The summed E-state index contributed by atoms with van der Waals surface area (Å²) >= 11 is 0. The molecule has 1 aromatic carbocycles. The lowest BCUT2D eigenvalue weighted by Gasteiger charge is -2.14. The number of nitrogens with one attached hydrogen (secondary N) is 2. The summed E-state index contributed by atoms with van der Waals surface area (Å²) in [6, 6.07) is 11.8. The van der Waals surface area contributed by atoms with Crippen LogP contribution in [-0.2, 0) is 0 Å². The molecule has 0 saturated heterocycles. The maximum atomic E-state index is 8.46. The first-order valence-corrected chi connectivity index (χ1v) is 6.93. The molecule has 0 bridgehead atoms. The third-order valence-electron chi connectivity index (χ3n) is 3.17. The van der Waals surface area contributed by atoms with E-state index in [1.807, 2.05) is 43.3 Å². The molecule has 3 heteroatoms. The fraction of sp³-hybridized carbons (Fsp3) is 0.294. The number of hydrogen-bond donors (Lipinski definition) is 2. The molecular formula is C17H21N3. The number of pyridine rings is 1. The molecule has 2 N–H and O–H groups in total. The number of rotatable bonds is 5. The molecule has 104 valence electrons. The Bertz CT molecular complexity index is 603. The Morgan fingerprint density at radius 1 is 1.15 bits per heavy atom. The summed E-state index contributed by atoms with van der Waals surface area (Å²) in [6.07, 6.45) is 1.76. The number of nitrogens with zero attached hydrogens (tertiary/aromatic N) is 1. The molecule has 0 atom stereocenters. The van der Waals surface area contributed by atoms with Crippen molar-refractivity contribution >= 4 is 11.5 Å². The molecule has 20 heavy (non-hydrogen) atoms. The van der Waals surface area contributed by atoms with Gasteiger partial charge in [0.1, 0.15) is 5.82 Å². The van der Waals surface area contributed by atoms with Gasteiger partial charge in [-0.15, -0.1) is 0 Å². The standard InChI is InChI=1S/C17H21N3/c1-12(2)11-20-17-15(9-6-10-19-17)16(18)14-8-5-4-7-13(14)3/h4-10,12,18H,11H2,1-3H3,(H,19,20). The van der Waals surface area contributed by atoms with Gasteiger partial charge in [-0.2, -0.15) is 0 Å². The van der Waals surface area contributed by atoms with E-state index in [0.29, 0.717) is 11.6 Å². The second-order valence-corrected chi connectivity index (χ2v) is 5.36. The van der Waals surface area contributed by atoms with E-state index in [4.69, 9.17) is 5.41 Å². The van der Waals surface area contributed by atoms with Crippen molar-refractivity contribution < 1.29 is 0 Å². The van der Waals surface area contributed by atoms with Crippen molar-refractivity contribution in [3.63, 3.8) is 0 Å². The van der Waals surface area contributed by atoms with Crippen LogP contribution in [0.5, 0.6) is 0 Å². The molecular weight excluding hydrogens is 246 g/mol. The average Bonchev–Trinajstić information content (AvgIpc) is 2.45. The number of aryl methyl sites for hydroxylation is 1. The molecule has 0 aliphatic heterocycles. The van der Waals surface area contributed by atoms with E-state index in [1.165, 1.54) is 0 Å². The van der Waals surface area contributed by atoms with Crippen LogP contribution in [0.15, 0.2) is 42.6 Å². The highest BCUT2D eigenvalue weighted by molar-refractivity contribution is 6.14. The topological polar surface area (TPSA) is 48.8 Å². The highest BCUT2D eigenvalue weighted by Gasteiger charge is 2.12. The third kappa shape index (κ3) is 3.23. The summed E-state index contributed by atoms with van der Waals surface area (Å²) in [5.74, 6) is 1.33. The van der Waals surface area contributed by atoms with E-state index < -0.39 is 0 Å². The number of benzene rings is 1. The molecule has 1 heterocycles. The predicted molar refractivity (Wildman–Crippen MR) is 84.7 cm³/mol. The van der Waals surface area contributed by atoms with Crippen molar-refractivity contribution in [2.75, 3.05) is 11.9 Å². The summed E-state index contributed by atoms with van der Waals surface area (Å²) in [7, 11) is 0. The van der Waals surface area contributed by atoms with E-state index in [-0.39, 0.29) is 0 Å². The number of hydrogen-bond acceptors (Lipinski definition) is 3. The Morgan fingerprint density at radius 3 is 2.55 bits per heavy atom. The van der Waals surface area contributed by atoms with E-state index in [0.717, 1.165) is 29.1 Å². The van der Waals surface area contributed by atoms with Gasteiger partial charge in [0.25, 0.3) is 0 Å². The van der Waals surface area contributed by atoms with Crippen molar-refractivity contribution in [1.82, 2.24) is 4.98 Å². The fourth-order valence-corrected chi connectivity index (χ4v) is 2.05.